The SMILES string of the molecule is NC(=O)c1ccc2c(-c3ccccc3Cl)n[nH]c2c1. The minimum absolute atomic E-state index is 0.446. The highest BCUT2D eigenvalue weighted by atomic mass is 35.5. The molecule has 0 saturated carbocycles. The van der Waals surface area contributed by atoms with Crippen molar-refractivity contribution in [2.24, 2.45) is 5.73 Å². The van der Waals surface area contributed by atoms with Crippen molar-refractivity contribution in [3.05, 3.63) is 53.1 Å². The Morgan fingerprint density at radius 1 is 1.21 bits per heavy atom. The van der Waals surface area contributed by atoms with E-state index >= 15 is 0 Å². The molecule has 0 bridgehead atoms. The molecule has 0 spiro atoms. The number of carbonyl (C=O) groups is 1. The van der Waals surface area contributed by atoms with Gasteiger partial charge in [-0.1, -0.05) is 29.8 Å². The van der Waals surface area contributed by atoms with Gasteiger partial charge in [0.15, 0.2) is 0 Å². The number of H-pyrrole nitrogens is 1. The quantitative estimate of drug-likeness (QED) is 0.752. The van der Waals surface area contributed by atoms with E-state index < -0.39 is 5.91 Å². The van der Waals surface area contributed by atoms with Crippen molar-refractivity contribution < 1.29 is 4.79 Å². The van der Waals surface area contributed by atoms with Crippen molar-refractivity contribution in [2.75, 3.05) is 0 Å². The molecule has 0 aliphatic rings. The van der Waals surface area contributed by atoms with Gasteiger partial charge in [-0.3, -0.25) is 9.89 Å². The van der Waals surface area contributed by atoms with Crippen molar-refractivity contribution >= 4 is 28.4 Å². The Balaban J connectivity index is 2.22. The van der Waals surface area contributed by atoms with E-state index in [4.69, 9.17) is 17.3 Å². The monoisotopic (exact) mass is 271 g/mol. The molecular formula is C14H10ClN3O. The van der Waals surface area contributed by atoms with Gasteiger partial charge in [-0.25, -0.2) is 0 Å². The first kappa shape index (κ1) is 11.7. The first-order chi connectivity index (χ1) is 9.16. The molecule has 0 unspecified atom stereocenters. The minimum Gasteiger partial charge on any atom is -0.366 e. The van der Waals surface area contributed by atoms with Crippen LogP contribution in [-0.4, -0.2) is 16.1 Å². The van der Waals surface area contributed by atoms with Crippen LogP contribution in [0.15, 0.2) is 42.5 Å². The van der Waals surface area contributed by atoms with E-state index in [1.54, 1.807) is 12.1 Å². The van der Waals surface area contributed by atoms with E-state index in [0.29, 0.717) is 10.6 Å². The Morgan fingerprint density at radius 3 is 2.74 bits per heavy atom. The second kappa shape index (κ2) is 4.40. The van der Waals surface area contributed by atoms with E-state index in [0.717, 1.165) is 22.2 Å². The van der Waals surface area contributed by atoms with Crippen LogP contribution >= 0.6 is 11.6 Å². The maximum absolute atomic E-state index is 11.1. The maximum atomic E-state index is 11.1. The molecule has 19 heavy (non-hydrogen) atoms. The number of amides is 1. The molecule has 0 radical (unpaired) electrons. The van der Waals surface area contributed by atoms with Crippen molar-refractivity contribution in [3.63, 3.8) is 0 Å². The maximum Gasteiger partial charge on any atom is 0.248 e. The van der Waals surface area contributed by atoms with Gasteiger partial charge in [-0.15, -0.1) is 0 Å². The molecule has 5 heteroatoms. The van der Waals surface area contributed by atoms with Gasteiger partial charge < -0.3 is 5.73 Å². The van der Waals surface area contributed by atoms with E-state index in [-0.39, 0.29) is 0 Å². The van der Waals surface area contributed by atoms with Crippen molar-refractivity contribution in [1.82, 2.24) is 10.2 Å². The first-order valence-corrected chi connectivity index (χ1v) is 6.07. The number of nitrogens with zero attached hydrogens (tertiary/aromatic N) is 1. The summed E-state index contributed by atoms with van der Waals surface area (Å²) in [5, 5.41) is 8.69. The van der Waals surface area contributed by atoms with Crippen LogP contribution in [0.1, 0.15) is 10.4 Å². The highest BCUT2D eigenvalue weighted by molar-refractivity contribution is 6.33. The molecule has 1 aromatic heterocycles. The smallest absolute Gasteiger partial charge is 0.248 e. The summed E-state index contributed by atoms with van der Waals surface area (Å²) in [6, 6.07) is 12.7. The summed E-state index contributed by atoms with van der Waals surface area (Å²) in [7, 11) is 0. The van der Waals surface area contributed by atoms with Crippen LogP contribution in [0.25, 0.3) is 22.2 Å². The average molecular weight is 272 g/mol. The van der Waals surface area contributed by atoms with Crippen molar-refractivity contribution in [1.29, 1.82) is 0 Å². The molecule has 1 amide bonds. The number of fused-ring (bicyclic) bond motifs is 1. The molecule has 3 aromatic rings. The third kappa shape index (κ3) is 1.96. The fourth-order valence-corrected chi connectivity index (χ4v) is 2.26. The Bertz CT molecular complexity index is 779. The summed E-state index contributed by atoms with van der Waals surface area (Å²) in [6.07, 6.45) is 0. The largest absolute Gasteiger partial charge is 0.366 e. The van der Waals surface area contributed by atoms with Gasteiger partial charge in [0.1, 0.15) is 5.69 Å². The third-order valence-corrected chi connectivity index (χ3v) is 3.31. The zero-order valence-electron chi connectivity index (χ0n) is 9.85. The topological polar surface area (TPSA) is 71.8 Å². The summed E-state index contributed by atoms with van der Waals surface area (Å²) in [4.78, 5) is 11.1. The molecule has 0 atom stereocenters. The lowest BCUT2D eigenvalue weighted by molar-refractivity contribution is 0.100. The van der Waals surface area contributed by atoms with Crippen LogP contribution in [0, 0.1) is 0 Å². The zero-order chi connectivity index (χ0) is 13.4. The number of nitrogens with one attached hydrogen (secondary N) is 1. The number of benzene rings is 2. The van der Waals surface area contributed by atoms with Crippen molar-refractivity contribution in [2.45, 2.75) is 0 Å². The number of rotatable bonds is 2. The minimum atomic E-state index is -0.462. The van der Waals surface area contributed by atoms with E-state index in [1.165, 1.54) is 0 Å². The van der Waals surface area contributed by atoms with Gasteiger partial charge in [0.2, 0.25) is 5.91 Å². The number of halogens is 1. The number of aromatic nitrogens is 2. The molecule has 0 fully saturated rings. The Hall–Kier alpha value is -2.33. The van der Waals surface area contributed by atoms with Crippen LogP contribution in [0.5, 0.6) is 0 Å². The lowest BCUT2D eigenvalue weighted by atomic mass is 10.1. The lowest BCUT2D eigenvalue weighted by Crippen LogP contribution is -2.10. The van der Waals surface area contributed by atoms with Gasteiger partial charge >= 0.3 is 0 Å². The number of aromatic amines is 1. The van der Waals surface area contributed by atoms with Crippen LogP contribution in [-0.2, 0) is 0 Å². The fraction of sp³-hybridized carbons (Fsp3) is 0. The summed E-state index contributed by atoms with van der Waals surface area (Å²) in [6.45, 7) is 0. The highest BCUT2D eigenvalue weighted by Gasteiger charge is 2.12. The van der Waals surface area contributed by atoms with Crippen LogP contribution in [0.4, 0.5) is 0 Å². The lowest BCUT2D eigenvalue weighted by Gasteiger charge is -2.01. The Kier molecular flexibility index (Phi) is 2.72. The number of carbonyl (C=O) groups excluding carboxylic acids is 1. The predicted octanol–water partition coefficient (Wildman–Crippen LogP) is 2.98. The first-order valence-electron chi connectivity index (χ1n) is 5.69. The number of nitrogens with two attached hydrogens (primary N) is 1. The second-order valence-electron chi connectivity index (χ2n) is 4.18. The molecule has 94 valence electrons. The van der Waals surface area contributed by atoms with Crippen LogP contribution in [0.2, 0.25) is 5.02 Å². The summed E-state index contributed by atoms with van der Waals surface area (Å²) < 4.78 is 0. The molecule has 3 rings (SSSR count). The molecule has 0 aliphatic heterocycles. The van der Waals surface area contributed by atoms with E-state index in [1.807, 2.05) is 30.3 Å². The normalized spacial score (nSPS) is 10.8. The second-order valence-corrected chi connectivity index (χ2v) is 4.58. The highest BCUT2D eigenvalue weighted by Crippen LogP contribution is 2.31. The number of primary amides is 1. The van der Waals surface area contributed by atoms with E-state index in [9.17, 15) is 4.79 Å². The van der Waals surface area contributed by atoms with Gasteiger partial charge in [-0.05, 0) is 24.3 Å². The Labute approximate surface area is 114 Å². The molecule has 4 nitrogen and oxygen atoms in total. The van der Waals surface area contributed by atoms with Gasteiger partial charge in [-0.2, -0.15) is 5.10 Å². The van der Waals surface area contributed by atoms with Gasteiger partial charge in [0.05, 0.1) is 10.5 Å². The fourth-order valence-electron chi connectivity index (χ4n) is 2.03. The standard InChI is InChI=1S/C14H10ClN3O/c15-11-4-2-1-3-9(11)13-10-6-5-8(14(16)19)7-12(10)17-18-13/h1-7H,(H2,16,19)(H,17,18). The molecule has 3 N–H and O–H groups in total. The predicted molar refractivity (Wildman–Crippen MR) is 75.1 cm³/mol. The summed E-state index contributed by atoms with van der Waals surface area (Å²) in [5.74, 6) is -0.462. The molecule has 0 saturated heterocycles. The molecule has 1 heterocycles. The number of hydrogen-bond acceptors (Lipinski definition) is 2. The number of hydrogen-bond donors (Lipinski definition) is 2. The van der Waals surface area contributed by atoms with Gasteiger partial charge in [0.25, 0.3) is 0 Å². The third-order valence-electron chi connectivity index (χ3n) is 2.98. The molecular weight excluding hydrogens is 262 g/mol. The van der Waals surface area contributed by atoms with Gasteiger partial charge in [0, 0.05) is 16.5 Å². The summed E-state index contributed by atoms with van der Waals surface area (Å²) >= 11 is 6.17. The summed E-state index contributed by atoms with van der Waals surface area (Å²) in [5.41, 5.74) is 8.06. The van der Waals surface area contributed by atoms with Crippen LogP contribution in [0.3, 0.4) is 0 Å². The Morgan fingerprint density at radius 2 is 2.00 bits per heavy atom. The molecule has 2 aromatic carbocycles. The van der Waals surface area contributed by atoms with Crippen molar-refractivity contribution in [3.8, 4) is 11.3 Å². The van der Waals surface area contributed by atoms with Crippen LogP contribution < -0.4 is 5.73 Å². The van der Waals surface area contributed by atoms with E-state index in [2.05, 4.69) is 10.2 Å². The zero-order valence-corrected chi connectivity index (χ0v) is 10.6. The molecule has 0 aliphatic carbocycles. The average Bonchev–Trinajstić information content (AvgIpc) is 2.82.